The standard InChI is InChI=1S/C2H3BN2O4/c6-3(7)8-2-1-4-5-9-2/h1,6-7H. The third-order valence-corrected chi connectivity index (χ3v) is 0.563. The molecular formula is C2H3BN2O4. The summed E-state index contributed by atoms with van der Waals surface area (Å²) in [6.45, 7) is 0. The van der Waals surface area contributed by atoms with Crippen LogP contribution in [0.3, 0.4) is 0 Å². The van der Waals surface area contributed by atoms with E-state index in [0.717, 1.165) is 6.20 Å². The summed E-state index contributed by atoms with van der Waals surface area (Å²) in [5.41, 5.74) is 0. The molecule has 1 rings (SSSR count). The van der Waals surface area contributed by atoms with Crippen LogP contribution in [0, 0.1) is 0 Å². The minimum Gasteiger partial charge on any atom is -0.482 e. The van der Waals surface area contributed by atoms with Crippen molar-refractivity contribution in [3.8, 4) is 5.95 Å². The fraction of sp³-hybridized carbons (Fsp3) is 0. The highest BCUT2D eigenvalue weighted by Crippen LogP contribution is 2.03. The van der Waals surface area contributed by atoms with E-state index in [9.17, 15) is 0 Å². The van der Waals surface area contributed by atoms with Gasteiger partial charge < -0.3 is 14.7 Å². The molecule has 0 aromatic carbocycles. The van der Waals surface area contributed by atoms with E-state index in [2.05, 4.69) is 19.5 Å². The van der Waals surface area contributed by atoms with E-state index in [1.807, 2.05) is 0 Å². The van der Waals surface area contributed by atoms with Crippen molar-refractivity contribution in [3.63, 3.8) is 0 Å². The maximum atomic E-state index is 8.14. The number of hydrogen-bond donors (Lipinski definition) is 2. The first-order valence-electron chi connectivity index (χ1n) is 2.09. The van der Waals surface area contributed by atoms with Gasteiger partial charge in [-0.25, -0.2) is 0 Å². The van der Waals surface area contributed by atoms with Gasteiger partial charge in [0.25, 0.3) is 0 Å². The average Bonchev–Trinajstić information content (AvgIpc) is 2.15. The first-order chi connectivity index (χ1) is 4.29. The van der Waals surface area contributed by atoms with Gasteiger partial charge >= 0.3 is 13.3 Å². The summed E-state index contributed by atoms with van der Waals surface area (Å²) in [6, 6.07) is 0. The summed E-state index contributed by atoms with van der Waals surface area (Å²) in [5.74, 6) is -0.134. The summed E-state index contributed by atoms with van der Waals surface area (Å²) in [7, 11) is -1.89. The molecule has 0 radical (unpaired) electrons. The normalized spacial score (nSPS) is 9.11. The van der Waals surface area contributed by atoms with E-state index in [-0.39, 0.29) is 5.95 Å². The Bertz CT molecular complexity index is 163. The van der Waals surface area contributed by atoms with Gasteiger partial charge in [-0.15, -0.1) is 5.10 Å². The molecule has 7 heteroatoms. The fourth-order valence-electron chi connectivity index (χ4n) is 0.314. The quantitative estimate of drug-likeness (QED) is 0.469. The van der Waals surface area contributed by atoms with Gasteiger partial charge in [-0.3, -0.25) is 4.52 Å². The van der Waals surface area contributed by atoms with Crippen molar-refractivity contribution in [2.75, 3.05) is 0 Å². The number of nitrogens with zero attached hydrogens (tertiary/aromatic N) is 2. The second kappa shape index (κ2) is 2.47. The topological polar surface area (TPSA) is 88.6 Å². The molecular weight excluding hydrogens is 127 g/mol. The van der Waals surface area contributed by atoms with Crippen LogP contribution in [0.5, 0.6) is 5.95 Å². The second-order valence-electron chi connectivity index (χ2n) is 1.18. The molecule has 0 unspecified atom stereocenters. The zero-order valence-electron chi connectivity index (χ0n) is 4.26. The molecule has 0 amide bonds. The molecule has 1 aromatic rings. The molecule has 0 bridgehead atoms. The molecule has 0 fully saturated rings. The number of aromatic nitrogens is 2. The van der Waals surface area contributed by atoms with Crippen molar-refractivity contribution < 1.29 is 19.2 Å². The Morgan fingerprint density at radius 1 is 1.67 bits per heavy atom. The lowest BCUT2D eigenvalue weighted by Crippen LogP contribution is -2.20. The maximum absolute atomic E-state index is 8.14. The van der Waals surface area contributed by atoms with Crippen LogP contribution < -0.4 is 4.65 Å². The van der Waals surface area contributed by atoms with E-state index in [0.29, 0.717) is 0 Å². The lowest BCUT2D eigenvalue weighted by atomic mass is 10.3. The summed E-state index contributed by atoms with van der Waals surface area (Å²) in [5, 5.41) is 22.5. The lowest BCUT2D eigenvalue weighted by Gasteiger charge is -1.93. The molecule has 0 aliphatic carbocycles. The summed E-state index contributed by atoms with van der Waals surface area (Å²) < 4.78 is 8.41. The Kier molecular flexibility index (Phi) is 1.66. The SMILES string of the molecule is OB(O)Oc1cnno1. The molecule has 2 N–H and O–H groups in total. The van der Waals surface area contributed by atoms with Crippen molar-refractivity contribution in [2.45, 2.75) is 0 Å². The first kappa shape index (κ1) is 6.05. The van der Waals surface area contributed by atoms with Gasteiger partial charge in [0, 0.05) is 5.27 Å². The highest BCUT2D eigenvalue weighted by Gasteiger charge is 2.13. The van der Waals surface area contributed by atoms with Gasteiger partial charge in [0.1, 0.15) is 6.20 Å². The van der Waals surface area contributed by atoms with Crippen LogP contribution in [0.2, 0.25) is 0 Å². The minimum absolute atomic E-state index is 0.134. The molecule has 0 atom stereocenters. The highest BCUT2D eigenvalue weighted by atomic mass is 16.7. The summed E-state index contributed by atoms with van der Waals surface area (Å²) in [4.78, 5) is 0. The van der Waals surface area contributed by atoms with E-state index >= 15 is 0 Å². The lowest BCUT2D eigenvalue weighted by molar-refractivity contribution is 0.230. The maximum Gasteiger partial charge on any atom is 0.709 e. The molecule has 1 aromatic heterocycles. The van der Waals surface area contributed by atoms with Crippen LogP contribution in [0.4, 0.5) is 0 Å². The molecule has 0 saturated carbocycles. The van der Waals surface area contributed by atoms with Crippen LogP contribution in [0.1, 0.15) is 0 Å². The molecule has 0 spiro atoms. The van der Waals surface area contributed by atoms with Crippen molar-refractivity contribution in [1.29, 1.82) is 0 Å². The van der Waals surface area contributed by atoms with E-state index < -0.39 is 7.32 Å². The van der Waals surface area contributed by atoms with Crippen LogP contribution in [0.15, 0.2) is 10.7 Å². The fourth-order valence-corrected chi connectivity index (χ4v) is 0.314. The predicted molar refractivity (Wildman–Crippen MR) is 25.1 cm³/mol. The predicted octanol–water partition coefficient (Wildman–Crippen LogP) is -1.58. The van der Waals surface area contributed by atoms with Gasteiger partial charge in [0.2, 0.25) is 0 Å². The molecule has 6 nitrogen and oxygen atoms in total. The van der Waals surface area contributed by atoms with Gasteiger partial charge in [-0.2, -0.15) is 0 Å². The molecule has 0 aliphatic rings. The van der Waals surface area contributed by atoms with Gasteiger partial charge in [0.05, 0.1) is 0 Å². The highest BCUT2D eigenvalue weighted by molar-refractivity contribution is 6.33. The average molecular weight is 130 g/mol. The van der Waals surface area contributed by atoms with Gasteiger partial charge in [-0.1, -0.05) is 0 Å². The molecule has 0 aliphatic heterocycles. The molecule has 48 valence electrons. The zero-order chi connectivity index (χ0) is 6.69. The number of rotatable bonds is 2. The van der Waals surface area contributed by atoms with Crippen molar-refractivity contribution in [2.24, 2.45) is 0 Å². The van der Waals surface area contributed by atoms with Gasteiger partial charge in [-0.05, 0) is 0 Å². The van der Waals surface area contributed by atoms with Crippen LogP contribution in [-0.4, -0.2) is 27.7 Å². The van der Waals surface area contributed by atoms with Crippen molar-refractivity contribution >= 4 is 7.32 Å². The van der Waals surface area contributed by atoms with E-state index in [4.69, 9.17) is 10.0 Å². The van der Waals surface area contributed by atoms with Crippen LogP contribution >= 0.6 is 0 Å². The smallest absolute Gasteiger partial charge is 0.482 e. The number of hydrogen-bond acceptors (Lipinski definition) is 6. The second-order valence-corrected chi connectivity index (χ2v) is 1.18. The zero-order valence-corrected chi connectivity index (χ0v) is 4.26. The Labute approximate surface area is 50.2 Å². The van der Waals surface area contributed by atoms with E-state index in [1.54, 1.807) is 0 Å². The molecule has 0 saturated heterocycles. The third kappa shape index (κ3) is 1.71. The summed E-state index contributed by atoms with van der Waals surface area (Å²) >= 11 is 0. The Balaban J connectivity index is 2.48. The molecule has 9 heavy (non-hydrogen) atoms. The first-order valence-corrected chi connectivity index (χ1v) is 2.09. The largest absolute Gasteiger partial charge is 0.709 e. The van der Waals surface area contributed by atoms with Crippen molar-refractivity contribution in [1.82, 2.24) is 10.4 Å². The van der Waals surface area contributed by atoms with Crippen LogP contribution in [-0.2, 0) is 0 Å². The van der Waals surface area contributed by atoms with Crippen LogP contribution in [0.25, 0.3) is 0 Å². The summed E-state index contributed by atoms with van der Waals surface area (Å²) in [6.07, 6.45) is 1.11. The monoisotopic (exact) mass is 130 g/mol. The minimum atomic E-state index is -1.89. The Morgan fingerprint density at radius 2 is 2.44 bits per heavy atom. The Hall–Kier alpha value is -1.08. The van der Waals surface area contributed by atoms with Gasteiger partial charge in [0.15, 0.2) is 0 Å². The third-order valence-electron chi connectivity index (χ3n) is 0.563. The Morgan fingerprint density at radius 3 is 2.89 bits per heavy atom. The van der Waals surface area contributed by atoms with E-state index in [1.165, 1.54) is 0 Å². The van der Waals surface area contributed by atoms with Crippen molar-refractivity contribution in [3.05, 3.63) is 6.20 Å². The molecule has 1 heterocycles.